The molecule has 1 heterocycles. The third-order valence-electron chi connectivity index (χ3n) is 1.77. The first-order valence-electron chi connectivity index (χ1n) is 4.13. The Morgan fingerprint density at radius 3 is 3.08 bits per heavy atom. The van der Waals surface area contributed by atoms with Crippen LogP contribution in [-0.2, 0) is 6.54 Å². The summed E-state index contributed by atoms with van der Waals surface area (Å²) in [7, 11) is 0. The van der Waals surface area contributed by atoms with E-state index in [-0.39, 0.29) is 0 Å². The summed E-state index contributed by atoms with van der Waals surface area (Å²) in [5.41, 5.74) is 2.43. The van der Waals surface area contributed by atoms with Crippen molar-refractivity contribution in [3.8, 4) is 0 Å². The van der Waals surface area contributed by atoms with Crippen molar-refractivity contribution in [1.29, 1.82) is 0 Å². The van der Waals surface area contributed by atoms with E-state index in [1.54, 1.807) is 6.20 Å². The van der Waals surface area contributed by atoms with Crippen LogP contribution in [0.15, 0.2) is 30.1 Å². The van der Waals surface area contributed by atoms with Crippen molar-refractivity contribution in [2.24, 2.45) is 0 Å². The zero-order valence-electron chi connectivity index (χ0n) is 7.68. The molecule has 0 atom stereocenters. The zero-order chi connectivity index (χ0) is 9.68. The fraction of sp³-hybridized carbons (Fsp3) is 0.300. The summed E-state index contributed by atoms with van der Waals surface area (Å²) >= 11 is 5.61. The van der Waals surface area contributed by atoms with Gasteiger partial charge in [-0.15, -0.1) is 0 Å². The second kappa shape index (κ2) is 5.00. The smallest absolute Gasteiger partial charge is 0.0310 e. The summed E-state index contributed by atoms with van der Waals surface area (Å²) in [5, 5.41) is 3.81. The normalized spacial score (nSPS) is 10.0. The minimum absolute atomic E-state index is 0.631. The Bertz CT molecular complexity index is 297. The van der Waals surface area contributed by atoms with Gasteiger partial charge in [0, 0.05) is 30.5 Å². The number of pyridine rings is 1. The predicted octanol–water partition coefficient (Wildman–Crippen LogP) is 2.23. The Morgan fingerprint density at radius 1 is 1.69 bits per heavy atom. The van der Waals surface area contributed by atoms with Gasteiger partial charge in [0.15, 0.2) is 0 Å². The van der Waals surface area contributed by atoms with Crippen LogP contribution in [0.1, 0.15) is 11.1 Å². The molecular weight excluding hydrogens is 184 g/mol. The van der Waals surface area contributed by atoms with Crippen LogP contribution in [0.25, 0.3) is 0 Å². The number of aryl methyl sites for hydroxylation is 1. The molecule has 0 amide bonds. The van der Waals surface area contributed by atoms with Gasteiger partial charge in [-0.2, -0.15) is 0 Å². The lowest BCUT2D eigenvalue weighted by Gasteiger charge is -2.05. The lowest BCUT2D eigenvalue weighted by Crippen LogP contribution is -2.15. The average Bonchev–Trinajstić information content (AvgIpc) is 2.08. The molecule has 0 aliphatic heterocycles. The van der Waals surface area contributed by atoms with E-state index in [4.69, 9.17) is 11.6 Å². The van der Waals surface area contributed by atoms with E-state index in [2.05, 4.69) is 16.9 Å². The van der Waals surface area contributed by atoms with Crippen LogP contribution in [0.2, 0.25) is 0 Å². The summed E-state index contributed by atoms with van der Waals surface area (Å²) in [5.74, 6) is 0. The van der Waals surface area contributed by atoms with Crippen molar-refractivity contribution < 1.29 is 0 Å². The number of halogens is 1. The maximum atomic E-state index is 5.61. The maximum absolute atomic E-state index is 5.61. The van der Waals surface area contributed by atoms with Gasteiger partial charge in [-0.05, 0) is 24.1 Å². The van der Waals surface area contributed by atoms with E-state index in [0.29, 0.717) is 11.6 Å². The first-order chi connectivity index (χ1) is 6.20. The van der Waals surface area contributed by atoms with E-state index >= 15 is 0 Å². The Labute approximate surface area is 83.6 Å². The molecule has 0 aliphatic carbocycles. The fourth-order valence-electron chi connectivity index (χ4n) is 1.03. The third kappa shape index (κ3) is 3.57. The van der Waals surface area contributed by atoms with E-state index in [1.165, 1.54) is 11.1 Å². The summed E-state index contributed by atoms with van der Waals surface area (Å²) in [6.07, 6.45) is 3.64. The number of nitrogens with zero attached hydrogens (tertiary/aromatic N) is 1. The highest BCUT2D eigenvalue weighted by atomic mass is 35.5. The Kier molecular flexibility index (Phi) is 3.93. The quantitative estimate of drug-likeness (QED) is 0.799. The van der Waals surface area contributed by atoms with Crippen molar-refractivity contribution in [2.45, 2.75) is 13.5 Å². The molecule has 0 bridgehead atoms. The predicted molar refractivity (Wildman–Crippen MR) is 55.7 cm³/mol. The summed E-state index contributed by atoms with van der Waals surface area (Å²) in [4.78, 5) is 4.02. The first kappa shape index (κ1) is 10.2. The molecule has 0 saturated carbocycles. The van der Waals surface area contributed by atoms with Gasteiger partial charge in [0.25, 0.3) is 0 Å². The van der Waals surface area contributed by atoms with E-state index in [0.717, 1.165) is 6.54 Å². The van der Waals surface area contributed by atoms with Gasteiger partial charge >= 0.3 is 0 Å². The van der Waals surface area contributed by atoms with E-state index in [9.17, 15) is 0 Å². The highest BCUT2D eigenvalue weighted by Gasteiger charge is 1.96. The lowest BCUT2D eigenvalue weighted by atomic mass is 10.1. The number of hydrogen-bond donors (Lipinski definition) is 1. The molecular formula is C10H13ClN2. The van der Waals surface area contributed by atoms with Gasteiger partial charge in [-0.3, -0.25) is 4.98 Å². The second-order valence-corrected chi connectivity index (χ2v) is 3.46. The molecule has 0 radical (unpaired) electrons. The molecule has 0 aliphatic rings. The van der Waals surface area contributed by atoms with Gasteiger partial charge in [-0.25, -0.2) is 0 Å². The Hall–Kier alpha value is -0.860. The van der Waals surface area contributed by atoms with E-state index in [1.807, 2.05) is 19.2 Å². The molecule has 0 saturated heterocycles. The molecule has 2 nitrogen and oxygen atoms in total. The van der Waals surface area contributed by atoms with Gasteiger partial charge < -0.3 is 5.32 Å². The molecule has 0 fully saturated rings. The molecule has 1 N–H and O–H groups in total. The van der Waals surface area contributed by atoms with Gasteiger partial charge in [-0.1, -0.05) is 18.2 Å². The van der Waals surface area contributed by atoms with Gasteiger partial charge in [0.2, 0.25) is 0 Å². The molecule has 3 heteroatoms. The number of nitrogens with one attached hydrogen (secondary N) is 1. The number of hydrogen-bond acceptors (Lipinski definition) is 2. The number of rotatable bonds is 4. The van der Waals surface area contributed by atoms with E-state index < -0.39 is 0 Å². The van der Waals surface area contributed by atoms with Crippen LogP contribution in [0.3, 0.4) is 0 Å². The zero-order valence-corrected chi connectivity index (χ0v) is 8.43. The van der Waals surface area contributed by atoms with Crippen LogP contribution in [0, 0.1) is 6.92 Å². The van der Waals surface area contributed by atoms with Gasteiger partial charge in [0.05, 0.1) is 0 Å². The SMILES string of the molecule is C=C(Cl)CNCc1ccncc1C. The molecule has 1 aromatic heterocycles. The standard InChI is InChI=1S/C10H13ClN2/c1-8-5-12-4-3-10(8)7-13-6-9(2)11/h3-5,13H,2,6-7H2,1H3. The maximum Gasteiger partial charge on any atom is 0.0310 e. The van der Waals surface area contributed by atoms with Crippen LogP contribution in [-0.4, -0.2) is 11.5 Å². The van der Waals surface area contributed by atoms with Crippen molar-refractivity contribution in [3.05, 3.63) is 41.2 Å². The topological polar surface area (TPSA) is 24.9 Å². The highest BCUT2D eigenvalue weighted by molar-refractivity contribution is 6.29. The molecule has 1 rings (SSSR count). The molecule has 13 heavy (non-hydrogen) atoms. The molecule has 0 spiro atoms. The van der Waals surface area contributed by atoms with Crippen molar-refractivity contribution in [1.82, 2.24) is 10.3 Å². The lowest BCUT2D eigenvalue weighted by molar-refractivity contribution is 0.749. The van der Waals surface area contributed by atoms with Crippen molar-refractivity contribution in [2.75, 3.05) is 6.54 Å². The Morgan fingerprint density at radius 2 is 2.46 bits per heavy atom. The fourth-order valence-corrected chi connectivity index (χ4v) is 1.13. The van der Waals surface area contributed by atoms with Crippen LogP contribution in [0.4, 0.5) is 0 Å². The minimum Gasteiger partial charge on any atom is -0.308 e. The third-order valence-corrected chi connectivity index (χ3v) is 1.90. The van der Waals surface area contributed by atoms with Crippen LogP contribution >= 0.6 is 11.6 Å². The Balaban J connectivity index is 2.45. The summed E-state index contributed by atoms with van der Waals surface area (Å²) in [6, 6.07) is 2.00. The summed E-state index contributed by atoms with van der Waals surface area (Å²) in [6.45, 7) is 7.09. The number of aromatic nitrogens is 1. The second-order valence-electron chi connectivity index (χ2n) is 2.92. The molecule has 0 aromatic carbocycles. The molecule has 0 unspecified atom stereocenters. The average molecular weight is 197 g/mol. The largest absolute Gasteiger partial charge is 0.308 e. The molecule has 1 aromatic rings. The summed E-state index contributed by atoms with van der Waals surface area (Å²) < 4.78 is 0. The van der Waals surface area contributed by atoms with Gasteiger partial charge in [0.1, 0.15) is 0 Å². The van der Waals surface area contributed by atoms with Crippen molar-refractivity contribution in [3.63, 3.8) is 0 Å². The van der Waals surface area contributed by atoms with Crippen LogP contribution in [0.5, 0.6) is 0 Å². The minimum atomic E-state index is 0.631. The monoisotopic (exact) mass is 196 g/mol. The van der Waals surface area contributed by atoms with Crippen molar-refractivity contribution >= 4 is 11.6 Å². The molecule has 70 valence electrons. The first-order valence-corrected chi connectivity index (χ1v) is 4.51. The highest BCUT2D eigenvalue weighted by Crippen LogP contribution is 2.04. The van der Waals surface area contributed by atoms with Crippen LogP contribution < -0.4 is 5.32 Å².